The van der Waals surface area contributed by atoms with Crippen molar-refractivity contribution >= 4 is 17.7 Å². The fourth-order valence-electron chi connectivity index (χ4n) is 1.68. The maximum absolute atomic E-state index is 13.5. The van der Waals surface area contributed by atoms with Crippen molar-refractivity contribution in [3.05, 3.63) is 29.6 Å². The van der Waals surface area contributed by atoms with E-state index in [0.29, 0.717) is 6.54 Å². The Morgan fingerprint density at radius 3 is 2.53 bits per heavy atom. The highest BCUT2D eigenvalue weighted by molar-refractivity contribution is 5.93. The van der Waals surface area contributed by atoms with Gasteiger partial charge in [-0.3, -0.25) is 0 Å². The second-order valence-corrected chi connectivity index (χ2v) is 4.31. The maximum Gasteiger partial charge on any atom is 0.335 e. The number of anilines is 1. The summed E-state index contributed by atoms with van der Waals surface area (Å²) in [5, 5.41) is 11.2. The number of amides is 2. The number of benzene rings is 1. The molecule has 0 fully saturated rings. The molecule has 0 unspecified atom stereocenters. The second kappa shape index (κ2) is 6.17. The Labute approximate surface area is 111 Å². The van der Waals surface area contributed by atoms with Crippen LogP contribution < -0.4 is 5.32 Å². The van der Waals surface area contributed by atoms with E-state index in [1.807, 2.05) is 20.8 Å². The zero-order chi connectivity index (χ0) is 14.6. The Balaban J connectivity index is 2.95. The van der Waals surface area contributed by atoms with Gasteiger partial charge in [-0.15, -0.1) is 0 Å². The summed E-state index contributed by atoms with van der Waals surface area (Å²) in [5.74, 6) is -1.84. The minimum Gasteiger partial charge on any atom is -0.478 e. The third kappa shape index (κ3) is 3.67. The van der Waals surface area contributed by atoms with Crippen LogP contribution in [-0.2, 0) is 0 Å². The molecule has 0 bridgehead atoms. The summed E-state index contributed by atoms with van der Waals surface area (Å²) in [4.78, 5) is 24.2. The highest BCUT2D eigenvalue weighted by Crippen LogP contribution is 2.17. The number of rotatable bonds is 4. The number of hydrogen-bond acceptors (Lipinski definition) is 2. The Kier molecular flexibility index (Phi) is 4.86. The predicted octanol–water partition coefficient (Wildman–Crippen LogP) is 2.79. The number of aromatic carboxylic acids is 1. The Morgan fingerprint density at radius 1 is 1.42 bits per heavy atom. The van der Waals surface area contributed by atoms with Gasteiger partial charge in [0.15, 0.2) is 0 Å². The molecule has 0 spiro atoms. The Morgan fingerprint density at radius 2 is 2.05 bits per heavy atom. The average Bonchev–Trinajstić information content (AvgIpc) is 2.31. The molecule has 1 aromatic rings. The van der Waals surface area contributed by atoms with Gasteiger partial charge in [0.2, 0.25) is 0 Å². The molecule has 2 amide bonds. The standard InChI is InChI=1S/C13H17FN2O3/c1-4-16(8(2)3)13(19)15-11-7-9(12(17)18)5-6-10(11)14/h5-8H,4H2,1-3H3,(H,15,19)(H,17,18). The van der Waals surface area contributed by atoms with Crippen LogP contribution >= 0.6 is 0 Å². The third-order valence-corrected chi connectivity index (χ3v) is 2.68. The summed E-state index contributed by atoms with van der Waals surface area (Å²) < 4.78 is 13.5. The van der Waals surface area contributed by atoms with Crippen molar-refractivity contribution < 1.29 is 19.1 Å². The number of carboxylic acids is 1. The van der Waals surface area contributed by atoms with Gasteiger partial charge >= 0.3 is 12.0 Å². The average molecular weight is 268 g/mol. The summed E-state index contributed by atoms with van der Waals surface area (Å²) in [6.45, 7) is 5.97. The van der Waals surface area contributed by atoms with Gasteiger partial charge < -0.3 is 15.3 Å². The molecule has 104 valence electrons. The molecule has 6 heteroatoms. The molecule has 0 aliphatic rings. The second-order valence-electron chi connectivity index (χ2n) is 4.31. The molecule has 0 heterocycles. The minimum absolute atomic E-state index is 0.0317. The highest BCUT2D eigenvalue weighted by Gasteiger charge is 2.17. The lowest BCUT2D eigenvalue weighted by Gasteiger charge is -2.25. The van der Waals surface area contributed by atoms with Gasteiger partial charge in [0.25, 0.3) is 0 Å². The largest absolute Gasteiger partial charge is 0.478 e. The lowest BCUT2D eigenvalue weighted by Crippen LogP contribution is -2.39. The molecule has 0 aromatic heterocycles. The first-order valence-corrected chi connectivity index (χ1v) is 5.97. The van der Waals surface area contributed by atoms with Crippen molar-refractivity contribution in [2.24, 2.45) is 0 Å². The zero-order valence-electron chi connectivity index (χ0n) is 11.1. The zero-order valence-corrected chi connectivity index (χ0v) is 11.1. The van der Waals surface area contributed by atoms with Crippen molar-refractivity contribution in [1.29, 1.82) is 0 Å². The fraction of sp³-hybridized carbons (Fsp3) is 0.385. The first kappa shape index (κ1) is 14.9. The van der Waals surface area contributed by atoms with Crippen molar-refractivity contribution in [2.75, 3.05) is 11.9 Å². The highest BCUT2D eigenvalue weighted by atomic mass is 19.1. The van der Waals surface area contributed by atoms with Gasteiger partial charge in [0, 0.05) is 12.6 Å². The molecular formula is C13H17FN2O3. The van der Waals surface area contributed by atoms with E-state index in [1.54, 1.807) is 0 Å². The van der Waals surface area contributed by atoms with E-state index in [-0.39, 0.29) is 17.3 Å². The topological polar surface area (TPSA) is 69.6 Å². The number of nitrogens with one attached hydrogen (secondary N) is 1. The molecule has 19 heavy (non-hydrogen) atoms. The molecule has 0 saturated heterocycles. The Hall–Kier alpha value is -2.11. The number of urea groups is 1. The van der Waals surface area contributed by atoms with Gasteiger partial charge in [0.1, 0.15) is 5.82 Å². The van der Waals surface area contributed by atoms with Crippen molar-refractivity contribution in [1.82, 2.24) is 4.90 Å². The van der Waals surface area contributed by atoms with Gasteiger partial charge in [-0.2, -0.15) is 0 Å². The molecule has 0 radical (unpaired) electrons. The lowest BCUT2D eigenvalue weighted by atomic mass is 10.2. The molecule has 0 aliphatic carbocycles. The molecule has 0 atom stereocenters. The monoisotopic (exact) mass is 268 g/mol. The van der Waals surface area contributed by atoms with Crippen LogP contribution in [0.2, 0.25) is 0 Å². The molecule has 0 aliphatic heterocycles. The number of carbonyl (C=O) groups is 2. The van der Waals surface area contributed by atoms with Crippen LogP contribution in [0.25, 0.3) is 0 Å². The van der Waals surface area contributed by atoms with Crippen molar-refractivity contribution in [3.8, 4) is 0 Å². The summed E-state index contributed by atoms with van der Waals surface area (Å²) >= 11 is 0. The summed E-state index contributed by atoms with van der Waals surface area (Å²) in [5.41, 5.74) is -0.215. The molecule has 1 aromatic carbocycles. The van der Waals surface area contributed by atoms with E-state index in [2.05, 4.69) is 5.32 Å². The number of hydrogen-bond donors (Lipinski definition) is 2. The maximum atomic E-state index is 13.5. The van der Waals surface area contributed by atoms with Gasteiger partial charge in [0.05, 0.1) is 11.3 Å². The molecular weight excluding hydrogens is 251 g/mol. The van der Waals surface area contributed by atoms with Crippen LogP contribution in [0.1, 0.15) is 31.1 Å². The number of nitrogens with zero attached hydrogens (tertiary/aromatic N) is 1. The van der Waals surface area contributed by atoms with Crippen molar-refractivity contribution in [2.45, 2.75) is 26.8 Å². The van der Waals surface area contributed by atoms with Crippen LogP contribution in [0.3, 0.4) is 0 Å². The first-order chi connectivity index (χ1) is 8.86. The van der Waals surface area contributed by atoms with E-state index in [0.717, 1.165) is 18.2 Å². The number of carboxylic acid groups (broad SMARTS) is 1. The van der Waals surface area contributed by atoms with Crippen LogP contribution in [0.5, 0.6) is 0 Å². The van der Waals surface area contributed by atoms with Gasteiger partial charge in [-0.05, 0) is 39.0 Å². The third-order valence-electron chi connectivity index (χ3n) is 2.68. The molecule has 5 nitrogen and oxygen atoms in total. The lowest BCUT2D eigenvalue weighted by molar-refractivity contribution is 0.0697. The summed E-state index contributed by atoms with van der Waals surface area (Å²) in [6, 6.07) is 2.77. The first-order valence-electron chi connectivity index (χ1n) is 5.97. The van der Waals surface area contributed by atoms with E-state index >= 15 is 0 Å². The van der Waals surface area contributed by atoms with Crippen LogP contribution in [0.15, 0.2) is 18.2 Å². The number of halogens is 1. The fourth-order valence-corrected chi connectivity index (χ4v) is 1.68. The van der Waals surface area contributed by atoms with Gasteiger partial charge in [-0.25, -0.2) is 14.0 Å². The van der Waals surface area contributed by atoms with Crippen LogP contribution in [0.4, 0.5) is 14.9 Å². The van der Waals surface area contributed by atoms with Gasteiger partial charge in [-0.1, -0.05) is 0 Å². The minimum atomic E-state index is -1.17. The summed E-state index contributed by atoms with van der Waals surface area (Å²) in [6.07, 6.45) is 0. The quantitative estimate of drug-likeness (QED) is 0.882. The van der Waals surface area contributed by atoms with E-state index < -0.39 is 17.8 Å². The molecule has 0 saturated carbocycles. The smallest absolute Gasteiger partial charge is 0.335 e. The van der Waals surface area contributed by atoms with Crippen molar-refractivity contribution in [3.63, 3.8) is 0 Å². The van der Waals surface area contributed by atoms with Crippen LogP contribution in [-0.4, -0.2) is 34.6 Å². The SMILES string of the molecule is CCN(C(=O)Nc1cc(C(=O)O)ccc1F)C(C)C. The molecule has 2 N–H and O–H groups in total. The van der Waals surface area contributed by atoms with E-state index in [1.165, 1.54) is 4.90 Å². The Bertz CT molecular complexity index is 489. The molecule has 1 rings (SSSR count). The van der Waals surface area contributed by atoms with E-state index in [4.69, 9.17) is 5.11 Å². The van der Waals surface area contributed by atoms with Crippen LogP contribution in [0, 0.1) is 5.82 Å². The normalized spacial score (nSPS) is 10.4. The van der Waals surface area contributed by atoms with E-state index in [9.17, 15) is 14.0 Å². The summed E-state index contributed by atoms with van der Waals surface area (Å²) in [7, 11) is 0. The number of carbonyl (C=O) groups excluding carboxylic acids is 1. The predicted molar refractivity (Wildman–Crippen MR) is 69.9 cm³/mol.